The summed E-state index contributed by atoms with van der Waals surface area (Å²) in [5.74, 6) is 0.160. The molecule has 0 spiro atoms. The van der Waals surface area contributed by atoms with Crippen LogP contribution in [-0.2, 0) is 10.2 Å². The zero-order chi connectivity index (χ0) is 17.0. The number of carbonyl (C=O) groups excluding carboxylic acids is 2. The van der Waals surface area contributed by atoms with Crippen molar-refractivity contribution in [3.63, 3.8) is 0 Å². The van der Waals surface area contributed by atoms with E-state index in [-0.39, 0.29) is 23.7 Å². The zero-order valence-corrected chi connectivity index (χ0v) is 14.5. The van der Waals surface area contributed by atoms with Gasteiger partial charge in [-0.2, -0.15) is 0 Å². The van der Waals surface area contributed by atoms with Gasteiger partial charge in [0.1, 0.15) is 5.75 Å². The molecule has 0 aliphatic heterocycles. The molecule has 2 rings (SSSR count). The number of benzene rings is 1. The van der Waals surface area contributed by atoms with Crippen LogP contribution in [0, 0.1) is 0 Å². The molecule has 1 amide bonds. The van der Waals surface area contributed by atoms with E-state index >= 15 is 0 Å². The smallest absolute Gasteiger partial charge is 0.264 e. The van der Waals surface area contributed by atoms with Crippen molar-refractivity contribution >= 4 is 28.2 Å². The third kappa shape index (κ3) is 4.89. The Morgan fingerprint density at radius 2 is 2.04 bits per heavy atom. The van der Waals surface area contributed by atoms with Gasteiger partial charge in [0, 0.05) is 16.4 Å². The Kier molecular flexibility index (Phi) is 5.15. The minimum absolute atomic E-state index is 0.0441. The molecule has 0 aliphatic rings. The normalized spacial score (nSPS) is 11.1. The second kappa shape index (κ2) is 6.91. The first kappa shape index (κ1) is 17.1. The summed E-state index contributed by atoms with van der Waals surface area (Å²) in [5, 5.41) is 5.21. The van der Waals surface area contributed by atoms with Crippen molar-refractivity contribution in [2.75, 3.05) is 11.9 Å². The minimum atomic E-state index is -0.284. The summed E-state index contributed by atoms with van der Waals surface area (Å²) in [5.41, 5.74) is 1.44. The van der Waals surface area contributed by atoms with Crippen molar-refractivity contribution in [1.82, 2.24) is 4.98 Å². The lowest BCUT2D eigenvalue weighted by Gasteiger charge is -2.14. The predicted molar refractivity (Wildman–Crippen MR) is 91.4 cm³/mol. The first-order valence-electron chi connectivity index (χ1n) is 7.25. The molecule has 1 N–H and O–H groups in total. The molecule has 0 aliphatic carbocycles. The SMILES string of the molecule is CC(=O)c1cccc(OCC(=O)Nc2nc(C(C)(C)C)cs2)c1. The number of carbonyl (C=O) groups is 2. The number of anilines is 1. The molecule has 0 atom stereocenters. The fourth-order valence-electron chi connectivity index (χ4n) is 1.78. The van der Waals surface area contributed by atoms with E-state index in [9.17, 15) is 9.59 Å². The van der Waals surface area contributed by atoms with Crippen molar-refractivity contribution in [2.24, 2.45) is 0 Å². The molecule has 0 unspecified atom stereocenters. The Morgan fingerprint density at radius 1 is 1.30 bits per heavy atom. The summed E-state index contributed by atoms with van der Waals surface area (Å²) in [6.45, 7) is 7.56. The van der Waals surface area contributed by atoms with E-state index < -0.39 is 0 Å². The van der Waals surface area contributed by atoms with Gasteiger partial charge >= 0.3 is 0 Å². The molecule has 1 aromatic carbocycles. The van der Waals surface area contributed by atoms with Gasteiger partial charge in [-0.05, 0) is 19.1 Å². The topological polar surface area (TPSA) is 68.3 Å². The second-order valence-corrected chi connectivity index (χ2v) is 7.07. The van der Waals surface area contributed by atoms with Crippen LogP contribution < -0.4 is 10.1 Å². The molecule has 0 saturated carbocycles. The fourth-order valence-corrected chi connectivity index (χ4v) is 2.74. The van der Waals surface area contributed by atoms with Gasteiger partial charge in [-0.15, -0.1) is 11.3 Å². The Hall–Kier alpha value is -2.21. The third-order valence-electron chi connectivity index (χ3n) is 3.13. The van der Waals surface area contributed by atoms with Crippen LogP contribution in [0.5, 0.6) is 5.75 Å². The van der Waals surface area contributed by atoms with Crippen LogP contribution in [0.3, 0.4) is 0 Å². The average Bonchev–Trinajstić information content (AvgIpc) is 2.94. The van der Waals surface area contributed by atoms with E-state index in [0.717, 1.165) is 5.69 Å². The van der Waals surface area contributed by atoms with Crippen LogP contribution in [-0.4, -0.2) is 23.3 Å². The van der Waals surface area contributed by atoms with Gasteiger partial charge in [0.2, 0.25) is 0 Å². The van der Waals surface area contributed by atoms with Gasteiger partial charge < -0.3 is 4.74 Å². The van der Waals surface area contributed by atoms with Crippen molar-refractivity contribution in [2.45, 2.75) is 33.1 Å². The number of amides is 1. The molecule has 23 heavy (non-hydrogen) atoms. The second-order valence-electron chi connectivity index (χ2n) is 6.21. The van der Waals surface area contributed by atoms with Crippen LogP contribution in [0.2, 0.25) is 0 Å². The minimum Gasteiger partial charge on any atom is -0.484 e. The summed E-state index contributed by atoms with van der Waals surface area (Å²) >= 11 is 1.39. The Labute approximate surface area is 139 Å². The molecule has 0 bridgehead atoms. The number of ketones is 1. The lowest BCUT2D eigenvalue weighted by molar-refractivity contribution is -0.118. The number of nitrogens with one attached hydrogen (secondary N) is 1. The maximum atomic E-state index is 11.9. The Morgan fingerprint density at radius 3 is 2.65 bits per heavy atom. The number of nitrogens with zero attached hydrogens (tertiary/aromatic N) is 1. The number of Topliss-reactive ketones (excluding diaryl/α,β-unsaturated/α-hetero) is 1. The van der Waals surface area contributed by atoms with E-state index in [1.165, 1.54) is 18.3 Å². The highest BCUT2D eigenvalue weighted by atomic mass is 32.1. The number of rotatable bonds is 5. The van der Waals surface area contributed by atoms with E-state index in [0.29, 0.717) is 16.4 Å². The van der Waals surface area contributed by atoms with Gasteiger partial charge in [0.05, 0.1) is 5.69 Å². The molecular formula is C17H20N2O3S. The Balaban J connectivity index is 1.91. The molecule has 5 nitrogen and oxygen atoms in total. The van der Waals surface area contributed by atoms with E-state index in [1.54, 1.807) is 24.3 Å². The third-order valence-corrected chi connectivity index (χ3v) is 3.89. The monoisotopic (exact) mass is 332 g/mol. The molecule has 2 aromatic rings. The van der Waals surface area contributed by atoms with Crippen LogP contribution in [0.1, 0.15) is 43.7 Å². The van der Waals surface area contributed by atoms with Crippen LogP contribution in [0.25, 0.3) is 0 Å². The zero-order valence-electron chi connectivity index (χ0n) is 13.7. The van der Waals surface area contributed by atoms with Gasteiger partial charge in [-0.25, -0.2) is 4.98 Å². The largest absolute Gasteiger partial charge is 0.484 e. The van der Waals surface area contributed by atoms with E-state index in [2.05, 4.69) is 31.1 Å². The van der Waals surface area contributed by atoms with Crippen molar-refractivity contribution in [3.05, 3.63) is 40.9 Å². The standard InChI is InChI=1S/C17H20N2O3S/c1-11(20)12-6-5-7-13(8-12)22-9-15(21)19-16-18-14(10-23-16)17(2,3)4/h5-8,10H,9H2,1-4H3,(H,18,19,21). The number of thiazole rings is 1. The van der Waals surface area contributed by atoms with Crippen LogP contribution in [0.4, 0.5) is 5.13 Å². The summed E-state index contributed by atoms with van der Waals surface area (Å²) in [6, 6.07) is 6.76. The van der Waals surface area contributed by atoms with Gasteiger partial charge in [0.25, 0.3) is 5.91 Å². The van der Waals surface area contributed by atoms with Gasteiger partial charge in [0.15, 0.2) is 17.5 Å². The highest BCUT2D eigenvalue weighted by Gasteiger charge is 2.18. The molecule has 6 heteroatoms. The highest BCUT2D eigenvalue weighted by molar-refractivity contribution is 7.13. The molecule has 0 radical (unpaired) electrons. The lowest BCUT2D eigenvalue weighted by atomic mass is 9.93. The van der Waals surface area contributed by atoms with Crippen LogP contribution >= 0.6 is 11.3 Å². The van der Waals surface area contributed by atoms with Crippen molar-refractivity contribution in [3.8, 4) is 5.75 Å². The van der Waals surface area contributed by atoms with Crippen molar-refractivity contribution in [1.29, 1.82) is 0 Å². The van der Waals surface area contributed by atoms with Gasteiger partial charge in [-0.3, -0.25) is 14.9 Å². The maximum Gasteiger partial charge on any atom is 0.264 e. The fraction of sp³-hybridized carbons (Fsp3) is 0.353. The summed E-state index contributed by atoms with van der Waals surface area (Å²) in [7, 11) is 0. The summed E-state index contributed by atoms with van der Waals surface area (Å²) in [4.78, 5) is 27.6. The molecule has 0 saturated heterocycles. The van der Waals surface area contributed by atoms with Crippen molar-refractivity contribution < 1.29 is 14.3 Å². The lowest BCUT2D eigenvalue weighted by Crippen LogP contribution is -2.20. The predicted octanol–water partition coefficient (Wildman–Crippen LogP) is 3.66. The average molecular weight is 332 g/mol. The number of ether oxygens (including phenoxy) is 1. The molecular weight excluding hydrogens is 312 g/mol. The van der Waals surface area contributed by atoms with Gasteiger partial charge in [-0.1, -0.05) is 32.9 Å². The van der Waals surface area contributed by atoms with E-state index in [1.807, 2.05) is 5.38 Å². The number of hydrogen-bond acceptors (Lipinski definition) is 5. The summed E-state index contributed by atoms with van der Waals surface area (Å²) < 4.78 is 5.42. The maximum absolute atomic E-state index is 11.9. The molecule has 122 valence electrons. The molecule has 1 heterocycles. The molecule has 0 fully saturated rings. The highest BCUT2D eigenvalue weighted by Crippen LogP contribution is 2.26. The first-order valence-corrected chi connectivity index (χ1v) is 8.13. The molecule has 1 aromatic heterocycles. The Bertz CT molecular complexity index is 717. The van der Waals surface area contributed by atoms with Crippen LogP contribution in [0.15, 0.2) is 29.6 Å². The van der Waals surface area contributed by atoms with E-state index in [4.69, 9.17) is 4.74 Å². The first-order chi connectivity index (χ1) is 10.8. The quantitative estimate of drug-likeness (QED) is 0.849. The number of hydrogen-bond donors (Lipinski definition) is 1. The number of aromatic nitrogens is 1. The summed E-state index contributed by atoms with van der Waals surface area (Å²) in [6.07, 6.45) is 0.